The van der Waals surface area contributed by atoms with Crippen LogP contribution in [0, 0.1) is 0 Å². The van der Waals surface area contributed by atoms with Crippen LogP contribution in [0.3, 0.4) is 0 Å². The Labute approximate surface area is 99.6 Å². The van der Waals surface area contributed by atoms with Crippen LogP contribution in [0.25, 0.3) is 0 Å². The second kappa shape index (κ2) is 6.26. The molecule has 0 aromatic heterocycles. The maximum absolute atomic E-state index is 8.93. The van der Waals surface area contributed by atoms with Gasteiger partial charge in [0.25, 0.3) is 0 Å². The van der Waals surface area contributed by atoms with E-state index in [2.05, 4.69) is 0 Å². The summed E-state index contributed by atoms with van der Waals surface area (Å²) in [5.41, 5.74) is 0. The van der Waals surface area contributed by atoms with Gasteiger partial charge in [-0.25, -0.2) is 0 Å². The van der Waals surface area contributed by atoms with Gasteiger partial charge in [0, 0.05) is 10.1 Å². The van der Waals surface area contributed by atoms with Gasteiger partial charge in [0.15, 0.2) is 0 Å². The van der Waals surface area contributed by atoms with Crippen LogP contribution in [-0.4, -0.2) is 23.6 Å². The van der Waals surface area contributed by atoms with Gasteiger partial charge < -0.3 is 9.84 Å². The summed E-state index contributed by atoms with van der Waals surface area (Å²) in [6.07, 6.45) is 0. The minimum absolute atomic E-state index is 0.162. The standard InChI is InChI=1S/C11H15ClO2S/c1-3-14-11-5-4-9(6-10(11)12)15-8(2)7-13/h4-6,8,13H,3,7H2,1-2H3. The summed E-state index contributed by atoms with van der Waals surface area (Å²) in [4.78, 5) is 1.05. The third-order valence-electron chi connectivity index (χ3n) is 1.80. The summed E-state index contributed by atoms with van der Waals surface area (Å²) >= 11 is 7.63. The Morgan fingerprint density at radius 3 is 2.80 bits per heavy atom. The molecular weight excluding hydrogens is 232 g/mol. The zero-order chi connectivity index (χ0) is 11.3. The largest absolute Gasteiger partial charge is 0.492 e. The summed E-state index contributed by atoms with van der Waals surface area (Å²) < 4.78 is 5.33. The maximum atomic E-state index is 8.93. The van der Waals surface area contributed by atoms with Crippen molar-refractivity contribution in [3.63, 3.8) is 0 Å². The van der Waals surface area contributed by atoms with E-state index in [9.17, 15) is 0 Å². The number of rotatable bonds is 5. The zero-order valence-corrected chi connectivity index (χ0v) is 10.4. The van der Waals surface area contributed by atoms with Crippen molar-refractivity contribution in [3.8, 4) is 5.75 Å². The van der Waals surface area contributed by atoms with Crippen molar-refractivity contribution in [1.29, 1.82) is 0 Å². The van der Waals surface area contributed by atoms with Crippen LogP contribution in [0.2, 0.25) is 5.02 Å². The first-order valence-corrected chi connectivity index (χ1v) is 6.13. The fraction of sp³-hybridized carbons (Fsp3) is 0.455. The molecule has 0 aliphatic heterocycles. The van der Waals surface area contributed by atoms with Crippen molar-refractivity contribution < 1.29 is 9.84 Å². The molecule has 0 fully saturated rings. The molecule has 0 heterocycles. The second-order valence-electron chi connectivity index (χ2n) is 3.14. The Kier molecular flexibility index (Phi) is 5.29. The van der Waals surface area contributed by atoms with Gasteiger partial charge in [-0.2, -0.15) is 0 Å². The molecule has 1 aromatic carbocycles. The first-order valence-electron chi connectivity index (χ1n) is 4.87. The van der Waals surface area contributed by atoms with E-state index in [1.54, 1.807) is 11.8 Å². The quantitative estimate of drug-likeness (QED) is 0.809. The fourth-order valence-electron chi connectivity index (χ4n) is 1.10. The SMILES string of the molecule is CCOc1ccc(SC(C)CO)cc1Cl. The van der Waals surface area contributed by atoms with E-state index in [1.807, 2.05) is 32.0 Å². The van der Waals surface area contributed by atoms with E-state index in [1.165, 1.54) is 0 Å². The van der Waals surface area contributed by atoms with E-state index < -0.39 is 0 Å². The fourth-order valence-corrected chi connectivity index (χ4v) is 2.27. The Morgan fingerprint density at radius 2 is 2.27 bits per heavy atom. The van der Waals surface area contributed by atoms with Crippen LogP contribution in [0.15, 0.2) is 23.1 Å². The van der Waals surface area contributed by atoms with Crippen molar-refractivity contribution in [2.24, 2.45) is 0 Å². The van der Waals surface area contributed by atoms with E-state index in [-0.39, 0.29) is 11.9 Å². The van der Waals surface area contributed by atoms with Crippen LogP contribution in [-0.2, 0) is 0 Å². The van der Waals surface area contributed by atoms with Gasteiger partial charge in [-0.1, -0.05) is 18.5 Å². The molecule has 0 spiro atoms. The molecule has 0 aliphatic rings. The molecule has 1 N–H and O–H groups in total. The lowest BCUT2D eigenvalue weighted by molar-refractivity contribution is 0.300. The van der Waals surface area contributed by atoms with E-state index in [0.717, 1.165) is 4.90 Å². The monoisotopic (exact) mass is 246 g/mol. The lowest BCUT2D eigenvalue weighted by Crippen LogP contribution is -2.01. The van der Waals surface area contributed by atoms with Crippen LogP contribution in [0.4, 0.5) is 0 Å². The topological polar surface area (TPSA) is 29.5 Å². The third kappa shape index (κ3) is 3.93. The molecule has 0 radical (unpaired) electrons. The molecule has 0 aliphatic carbocycles. The summed E-state index contributed by atoms with van der Waals surface area (Å²) in [6, 6.07) is 5.68. The van der Waals surface area contributed by atoms with Gasteiger partial charge in [-0.15, -0.1) is 11.8 Å². The van der Waals surface area contributed by atoms with Crippen LogP contribution in [0.1, 0.15) is 13.8 Å². The lowest BCUT2D eigenvalue weighted by Gasteiger charge is -2.10. The lowest BCUT2D eigenvalue weighted by atomic mass is 10.3. The molecule has 15 heavy (non-hydrogen) atoms. The number of benzene rings is 1. The number of thioether (sulfide) groups is 1. The zero-order valence-electron chi connectivity index (χ0n) is 8.87. The summed E-state index contributed by atoms with van der Waals surface area (Å²) in [6.45, 7) is 4.66. The molecule has 1 atom stereocenters. The highest BCUT2D eigenvalue weighted by molar-refractivity contribution is 8.00. The first kappa shape index (κ1) is 12.7. The number of halogens is 1. The van der Waals surface area contributed by atoms with Gasteiger partial charge in [0.1, 0.15) is 5.75 Å². The summed E-state index contributed by atoms with van der Waals surface area (Å²) in [7, 11) is 0. The summed E-state index contributed by atoms with van der Waals surface area (Å²) in [5, 5.41) is 9.72. The Hall–Kier alpha value is -0.380. The first-order chi connectivity index (χ1) is 7.17. The van der Waals surface area contributed by atoms with Gasteiger partial charge in [0.05, 0.1) is 18.2 Å². The van der Waals surface area contributed by atoms with Crippen molar-refractivity contribution in [2.45, 2.75) is 24.0 Å². The average Bonchev–Trinajstić information content (AvgIpc) is 2.22. The summed E-state index contributed by atoms with van der Waals surface area (Å²) in [5.74, 6) is 0.708. The highest BCUT2D eigenvalue weighted by atomic mass is 35.5. The predicted molar refractivity (Wildman–Crippen MR) is 65.0 cm³/mol. The number of aliphatic hydroxyl groups excluding tert-OH is 1. The van der Waals surface area contributed by atoms with Crippen molar-refractivity contribution in [1.82, 2.24) is 0 Å². The number of hydrogen-bond donors (Lipinski definition) is 1. The van der Waals surface area contributed by atoms with Gasteiger partial charge >= 0.3 is 0 Å². The Morgan fingerprint density at radius 1 is 1.53 bits per heavy atom. The van der Waals surface area contributed by atoms with Crippen molar-refractivity contribution >= 4 is 23.4 Å². The maximum Gasteiger partial charge on any atom is 0.137 e. The van der Waals surface area contributed by atoms with E-state index >= 15 is 0 Å². The number of hydrogen-bond acceptors (Lipinski definition) is 3. The molecule has 2 nitrogen and oxygen atoms in total. The highest BCUT2D eigenvalue weighted by Crippen LogP contribution is 2.31. The molecule has 0 saturated heterocycles. The van der Waals surface area contributed by atoms with Gasteiger partial charge in [-0.3, -0.25) is 0 Å². The Bertz CT molecular complexity index is 317. The normalized spacial score (nSPS) is 12.5. The third-order valence-corrected chi connectivity index (χ3v) is 3.17. The molecule has 1 aromatic rings. The minimum atomic E-state index is 0.162. The van der Waals surface area contributed by atoms with E-state index in [0.29, 0.717) is 17.4 Å². The minimum Gasteiger partial charge on any atom is -0.492 e. The number of ether oxygens (including phenoxy) is 1. The Balaban J connectivity index is 2.73. The van der Waals surface area contributed by atoms with Gasteiger partial charge in [0.2, 0.25) is 0 Å². The molecule has 1 rings (SSSR count). The smallest absolute Gasteiger partial charge is 0.137 e. The molecule has 0 amide bonds. The second-order valence-corrected chi connectivity index (χ2v) is 5.06. The molecule has 4 heteroatoms. The molecule has 84 valence electrons. The van der Waals surface area contributed by atoms with Crippen LogP contribution in [0.5, 0.6) is 5.75 Å². The molecular formula is C11H15ClO2S. The van der Waals surface area contributed by atoms with Crippen molar-refractivity contribution in [2.75, 3.05) is 13.2 Å². The van der Waals surface area contributed by atoms with E-state index in [4.69, 9.17) is 21.4 Å². The average molecular weight is 247 g/mol. The molecule has 1 unspecified atom stereocenters. The molecule has 0 saturated carbocycles. The highest BCUT2D eigenvalue weighted by Gasteiger charge is 2.06. The number of aliphatic hydroxyl groups is 1. The van der Waals surface area contributed by atoms with Crippen molar-refractivity contribution in [3.05, 3.63) is 23.2 Å². The van der Waals surface area contributed by atoms with Crippen LogP contribution < -0.4 is 4.74 Å². The van der Waals surface area contributed by atoms with Gasteiger partial charge in [-0.05, 0) is 25.1 Å². The predicted octanol–water partition coefficient (Wildman–Crippen LogP) is 3.21. The van der Waals surface area contributed by atoms with Crippen LogP contribution >= 0.6 is 23.4 Å². The molecule has 0 bridgehead atoms.